The number of nitrogens with one attached hydrogen (secondary N) is 1. The van der Waals surface area contributed by atoms with Crippen molar-refractivity contribution in [1.82, 2.24) is 19.5 Å². The van der Waals surface area contributed by atoms with Gasteiger partial charge in [0.2, 0.25) is 0 Å². The molecule has 2 aromatic rings. The number of rotatable bonds is 3. The maximum atomic E-state index is 6.08. The minimum atomic E-state index is 0.296. The first kappa shape index (κ1) is 13.2. The summed E-state index contributed by atoms with van der Waals surface area (Å²) in [6, 6.07) is 0. The lowest BCUT2D eigenvalue weighted by Gasteiger charge is -2.23. The van der Waals surface area contributed by atoms with Gasteiger partial charge in [-0.15, -0.1) is 0 Å². The van der Waals surface area contributed by atoms with E-state index in [1.807, 2.05) is 6.92 Å². The second-order valence-corrected chi connectivity index (χ2v) is 5.45. The minimum Gasteiger partial charge on any atom is -0.382 e. The first-order chi connectivity index (χ1) is 9.65. The molecule has 0 aliphatic carbocycles. The van der Waals surface area contributed by atoms with Crippen molar-refractivity contribution in [3.8, 4) is 0 Å². The highest BCUT2D eigenvalue weighted by Gasteiger charge is 2.22. The topological polar surface area (TPSA) is 81.7 Å². The van der Waals surface area contributed by atoms with Gasteiger partial charge in [0.15, 0.2) is 0 Å². The molecule has 1 aliphatic heterocycles. The van der Waals surface area contributed by atoms with Crippen LogP contribution in [0.2, 0.25) is 5.02 Å². The molecule has 2 aromatic heterocycles. The normalized spacial score (nSPS) is 17.8. The van der Waals surface area contributed by atoms with Crippen LogP contribution in [0.1, 0.15) is 30.3 Å². The average Bonchev–Trinajstić information content (AvgIpc) is 2.81. The van der Waals surface area contributed by atoms with Crippen molar-refractivity contribution in [3.05, 3.63) is 29.1 Å². The van der Waals surface area contributed by atoms with Gasteiger partial charge < -0.3 is 15.6 Å². The third-order valence-electron chi connectivity index (χ3n) is 3.58. The zero-order valence-corrected chi connectivity index (χ0v) is 12.1. The average molecular weight is 293 g/mol. The van der Waals surface area contributed by atoms with Gasteiger partial charge in [-0.25, -0.2) is 15.0 Å². The minimum absolute atomic E-state index is 0.296. The molecule has 0 fully saturated rings. The summed E-state index contributed by atoms with van der Waals surface area (Å²) in [5.74, 6) is 2.38. The van der Waals surface area contributed by atoms with E-state index in [4.69, 9.17) is 17.3 Å². The van der Waals surface area contributed by atoms with E-state index in [0.717, 1.165) is 37.4 Å². The molecule has 0 saturated heterocycles. The van der Waals surface area contributed by atoms with Crippen molar-refractivity contribution < 1.29 is 0 Å². The molecule has 3 N–H and O–H groups in total. The summed E-state index contributed by atoms with van der Waals surface area (Å²) in [7, 11) is 0. The Morgan fingerprint density at radius 3 is 3.20 bits per heavy atom. The van der Waals surface area contributed by atoms with E-state index in [-0.39, 0.29) is 0 Å². The Bertz CT molecular complexity index is 623. The van der Waals surface area contributed by atoms with Gasteiger partial charge in [0.1, 0.15) is 28.8 Å². The highest BCUT2D eigenvalue weighted by Crippen LogP contribution is 2.28. The lowest BCUT2D eigenvalue weighted by Crippen LogP contribution is -2.22. The predicted molar refractivity (Wildman–Crippen MR) is 78.9 cm³/mol. The Morgan fingerprint density at radius 2 is 2.35 bits per heavy atom. The van der Waals surface area contributed by atoms with E-state index in [2.05, 4.69) is 31.0 Å². The zero-order chi connectivity index (χ0) is 14.1. The second-order valence-electron chi connectivity index (χ2n) is 5.08. The lowest BCUT2D eigenvalue weighted by molar-refractivity contribution is 0.454. The maximum absolute atomic E-state index is 6.08. The van der Waals surface area contributed by atoms with Crippen molar-refractivity contribution in [2.24, 2.45) is 0 Å². The third kappa shape index (κ3) is 2.43. The number of nitrogen functional groups attached to an aromatic ring is 1. The molecular formula is C13H17ClN6. The molecule has 0 bridgehead atoms. The van der Waals surface area contributed by atoms with Crippen LogP contribution in [0.5, 0.6) is 0 Å². The molecule has 0 spiro atoms. The number of aryl methyl sites for hydroxylation is 2. The summed E-state index contributed by atoms with van der Waals surface area (Å²) < 4.78 is 2.24. The van der Waals surface area contributed by atoms with Gasteiger partial charge in [0.25, 0.3) is 0 Å². The van der Waals surface area contributed by atoms with Crippen LogP contribution in [0.3, 0.4) is 0 Å². The molecule has 0 amide bonds. The van der Waals surface area contributed by atoms with Gasteiger partial charge in [0.05, 0.1) is 5.69 Å². The molecule has 1 atom stereocenters. The Hall–Kier alpha value is -1.82. The number of aromatic nitrogens is 4. The van der Waals surface area contributed by atoms with E-state index in [1.54, 1.807) is 0 Å². The van der Waals surface area contributed by atoms with Crippen LogP contribution in [-0.4, -0.2) is 26.1 Å². The van der Waals surface area contributed by atoms with Crippen molar-refractivity contribution in [2.45, 2.75) is 32.2 Å². The standard InChI is InChI=1S/C13H17ClN6/c1-8-6-20-4-2-3-9(13(20)19-8)5-16-12-10(14)11(15)17-7-18-12/h6-7,9H,2-5H2,1H3,(H3,15,16,17,18)/t9-/m1/s1. The molecule has 20 heavy (non-hydrogen) atoms. The first-order valence-corrected chi connectivity index (χ1v) is 7.06. The molecule has 0 radical (unpaired) electrons. The fraction of sp³-hybridized carbons (Fsp3) is 0.462. The highest BCUT2D eigenvalue weighted by atomic mass is 35.5. The zero-order valence-electron chi connectivity index (χ0n) is 11.3. The number of nitrogens with zero attached hydrogens (tertiary/aromatic N) is 4. The van der Waals surface area contributed by atoms with Crippen LogP contribution in [-0.2, 0) is 6.54 Å². The van der Waals surface area contributed by atoms with Crippen molar-refractivity contribution >= 4 is 23.2 Å². The lowest BCUT2D eigenvalue weighted by atomic mass is 9.99. The van der Waals surface area contributed by atoms with Gasteiger partial charge in [-0.1, -0.05) is 11.6 Å². The number of imidazole rings is 1. The van der Waals surface area contributed by atoms with Gasteiger partial charge in [-0.05, 0) is 19.8 Å². The second kappa shape index (κ2) is 5.28. The largest absolute Gasteiger partial charge is 0.382 e. The van der Waals surface area contributed by atoms with Crippen molar-refractivity contribution in [2.75, 3.05) is 17.6 Å². The monoisotopic (exact) mass is 292 g/mol. The quantitative estimate of drug-likeness (QED) is 0.906. The smallest absolute Gasteiger partial charge is 0.150 e. The van der Waals surface area contributed by atoms with Crippen molar-refractivity contribution in [1.29, 1.82) is 0 Å². The van der Waals surface area contributed by atoms with Gasteiger partial charge >= 0.3 is 0 Å². The fourth-order valence-electron chi connectivity index (χ4n) is 2.63. The number of hydrogen-bond acceptors (Lipinski definition) is 5. The van der Waals surface area contributed by atoms with E-state index < -0.39 is 0 Å². The molecule has 0 unspecified atom stereocenters. The van der Waals surface area contributed by atoms with Gasteiger partial charge in [-0.3, -0.25) is 0 Å². The van der Waals surface area contributed by atoms with Crippen LogP contribution in [0.15, 0.2) is 12.5 Å². The molecule has 106 valence electrons. The summed E-state index contributed by atoms with van der Waals surface area (Å²) >= 11 is 6.08. The Balaban J connectivity index is 1.75. The summed E-state index contributed by atoms with van der Waals surface area (Å²) in [6.07, 6.45) is 5.79. The number of hydrogen-bond donors (Lipinski definition) is 2. The molecule has 3 heterocycles. The maximum Gasteiger partial charge on any atom is 0.150 e. The van der Waals surface area contributed by atoms with Gasteiger partial charge in [0, 0.05) is 25.2 Å². The molecule has 0 aromatic carbocycles. The molecular weight excluding hydrogens is 276 g/mol. The Labute approximate surface area is 122 Å². The van der Waals surface area contributed by atoms with E-state index in [1.165, 1.54) is 6.33 Å². The summed E-state index contributed by atoms with van der Waals surface area (Å²) in [5, 5.41) is 3.63. The van der Waals surface area contributed by atoms with E-state index in [9.17, 15) is 0 Å². The number of fused-ring (bicyclic) bond motifs is 1. The Morgan fingerprint density at radius 1 is 1.50 bits per heavy atom. The first-order valence-electron chi connectivity index (χ1n) is 6.68. The fourth-order valence-corrected chi connectivity index (χ4v) is 2.79. The summed E-state index contributed by atoms with van der Waals surface area (Å²) in [5.41, 5.74) is 6.74. The number of nitrogens with two attached hydrogens (primary N) is 1. The van der Waals surface area contributed by atoms with Crippen LogP contribution in [0.25, 0.3) is 0 Å². The molecule has 1 aliphatic rings. The third-order valence-corrected chi connectivity index (χ3v) is 3.95. The van der Waals surface area contributed by atoms with Gasteiger partial charge in [-0.2, -0.15) is 0 Å². The van der Waals surface area contributed by atoms with E-state index in [0.29, 0.717) is 22.6 Å². The summed E-state index contributed by atoms with van der Waals surface area (Å²) in [4.78, 5) is 12.6. The number of halogens is 1. The van der Waals surface area contributed by atoms with E-state index >= 15 is 0 Å². The predicted octanol–water partition coefficient (Wildman–Crippen LogP) is 2.21. The summed E-state index contributed by atoms with van der Waals surface area (Å²) in [6.45, 7) is 3.82. The van der Waals surface area contributed by atoms with Crippen LogP contribution in [0, 0.1) is 6.92 Å². The highest BCUT2D eigenvalue weighted by molar-refractivity contribution is 6.35. The Kier molecular flexibility index (Phi) is 3.48. The van der Waals surface area contributed by atoms with Crippen molar-refractivity contribution in [3.63, 3.8) is 0 Å². The molecule has 3 rings (SSSR count). The van der Waals surface area contributed by atoms with Crippen LogP contribution < -0.4 is 11.1 Å². The van der Waals surface area contributed by atoms with Crippen LogP contribution >= 0.6 is 11.6 Å². The SMILES string of the molecule is Cc1cn2c(n1)[C@@H](CNc1ncnc(N)c1Cl)CCC2. The van der Waals surface area contributed by atoms with Crippen LogP contribution in [0.4, 0.5) is 11.6 Å². The molecule has 7 heteroatoms. The molecule has 0 saturated carbocycles. The number of anilines is 2. The molecule has 6 nitrogen and oxygen atoms in total.